The van der Waals surface area contributed by atoms with E-state index in [0.717, 1.165) is 16.9 Å². The molecule has 0 atom stereocenters. The Kier molecular flexibility index (Phi) is 8.32. The number of aryl methyl sites for hydroxylation is 2. The SMILES string of the molecule is CSc1ncccc1C(=O)OCC(=O)NCCCOc1cc(C)cc(C)c1C. The first-order valence-electron chi connectivity index (χ1n) is 9.06. The van der Waals surface area contributed by atoms with E-state index in [-0.39, 0.29) is 12.5 Å². The summed E-state index contributed by atoms with van der Waals surface area (Å²) in [7, 11) is 0. The number of amides is 1. The Bertz CT molecular complexity index is 839. The maximum absolute atomic E-state index is 12.1. The highest BCUT2D eigenvalue weighted by atomic mass is 32.2. The minimum absolute atomic E-state index is 0.321. The summed E-state index contributed by atoms with van der Waals surface area (Å²) in [4.78, 5) is 28.0. The summed E-state index contributed by atoms with van der Waals surface area (Å²) in [5.41, 5.74) is 3.84. The number of aromatic nitrogens is 1. The zero-order chi connectivity index (χ0) is 20.5. The Morgan fingerprint density at radius 1 is 1.21 bits per heavy atom. The van der Waals surface area contributed by atoms with Crippen LogP contribution in [0.2, 0.25) is 0 Å². The van der Waals surface area contributed by atoms with Crippen LogP contribution in [0.5, 0.6) is 5.75 Å². The molecule has 1 amide bonds. The third-order valence-electron chi connectivity index (χ3n) is 4.18. The van der Waals surface area contributed by atoms with Crippen molar-refractivity contribution in [1.29, 1.82) is 0 Å². The fourth-order valence-electron chi connectivity index (χ4n) is 2.60. The Balaban J connectivity index is 1.68. The number of nitrogens with one attached hydrogen (secondary N) is 1. The van der Waals surface area contributed by atoms with Gasteiger partial charge in [0.05, 0.1) is 12.2 Å². The van der Waals surface area contributed by atoms with Gasteiger partial charge in [0.2, 0.25) is 0 Å². The van der Waals surface area contributed by atoms with Crippen LogP contribution < -0.4 is 10.1 Å². The van der Waals surface area contributed by atoms with Crippen LogP contribution in [0, 0.1) is 20.8 Å². The van der Waals surface area contributed by atoms with Crippen molar-refractivity contribution in [2.45, 2.75) is 32.2 Å². The van der Waals surface area contributed by atoms with Gasteiger partial charge in [-0.3, -0.25) is 4.79 Å². The number of carbonyl (C=O) groups is 2. The second kappa shape index (κ2) is 10.7. The summed E-state index contributed by atoms with van der Waals surface area (Å²) in [5.74, 6) is -0.0226. The molecule has 1 aromatic carbocycles. The molecule has 0 saturated heterocycles. The first-order valence-corrected chi connectivity index (χ1v) is 10.3. The first kappa shape index (κ1) is 21.8. The number of thioether (sulfide) groups is 1. The largest absolute Gasteiger partial charge is 0.493 e. The average Bonchev–Trinajstić information content (AvgIpc) is 2.69. The summed E-state index contributed by atoms with van der Waals surface area (Å²) < 4.78 is 10.9. The fourth-order valence-corrected chi connectivity index (χ4v) is 3.14. The van der Waals surface area contributed by atoms with Crippen molar-refractivity contribution < 1.29 is 19.1 Å². The molecule has 6 nitrogen and oxygen atoms in total. The Morgan fingerprint density at radius 2 is 2.00 bits per heavy atom. The summed E-state index contributed by atoms with van der Waals surface area (Å²) in [5, 5.41) is 3.30. The van der Waals surface area contributed by atoms with Gasteiger partial charge in [0.25, 0.3) is 5.91 Å². The van der Waals surface area contributed by atoms with E-state index < -0.39 is 5.97 Å². The molecule has 1 aromatic heterocycles. The molecule has 0 saturated carbocycles. The van der Waals surface area contributed by atoms with Crippen LogP contribution in [0.3, 0.4) is 0 Å². The number of rotatable bonds is 9. The Morgan fingerprint density at radius 3 is 2.75 bits per heavy atom. The van der Waals surface area contributed by atoms with Gasteiger partial charge in [-0.1, -0.05) is 6.07 Å². The molecule has 0 aliphatic rings. The Hall–Kier alpha value is -2.54. The van der Waals surface area contributed by atoms with Crippen LogP contribution in [-0.2, 0) is 9.53 Å². The average molecular weight is 403 g/mol. The third kappa shape index (κ3) is 6.27. The van der Waals surface area contributed by atoms with Gasteiger partial charge in [0.15, 0.2) is 6.61 Å². The minimum Gasteiger partial charge on any atom is -0.493 e. The number of carbonyl (C=O) groups excluding carboxylic acids is 2. The smallest absolute Gasteiger partial charge is 0.341 e. The quantitative estimate of drug-likeness (QED) is 0.393. The van der Waals surface area contributed by atoms with E-state index in [4.69, 9.17) is 9.47 Å². The second-order valence-corrected chi connectivity index (χ2v) is 7.19. The Labute approximate surface area is 170 Å². The molecular formula is C21H26N2O4S. The second-order valence-electron chi connectivity index (χ2n) is 6.39. The molecule has 150 valence electrons. The van der Waals surface area contributed by atoms with Gasteiger partial charge >= 0.3 is 5.97 Å². The molecule has 1 N–H and O–H groups in total. The van der Waals surface area contributed by atoms with Crippen molar-refractivity contribution in [2.24, 2.45) is 0 Å². The van der Waals surface area contributed by atoms with Gasteiger partial charge in [-0.05, 0) is 68.3 Å². The highest BCUT2D eigenvalue weighted by Crippen LogP contribution is 2.23. The topological polar surface area (TPSA) is 77.5 Å². The van der Waals surface area contributed by atoms with Crippen molar-refractivity contribution in [3.8, 4) is 5.75 Å². The fraction of sp³-hybridized carbons (Fsp3) is 0.381. The van der Waals surface area contributed by atoms with Gasteiger partial charge in [0, 0.05) is 12.7 Å². The standard InChI is InChI=1S/C21H26N2O4S/c1-14-11-15(2)16(3)18(12-14)26-10-6-9-22-19(24)13-27-21(25)17-7-5-8-23-20(17)28-4/h5,7-8,11-12H,6,9-10,13H2,1-4H3,(H,22,24). The van der Waals surface area contributed by atoms with E-state index in [0.29, 0.717) is 30.2 Å². The molecule has 0 aliphatic heterocycles. The predicted molar refractivity (Wildman–Crippen MR) is 110 cm³/mol. The maximum atomic E-state index is 12.1. The number of pyridine rings is 1. The molecule has 7 heteroatoms. The normalized spacial score (nSPS) is 10.4. The predicted octanol–water partition coefficient (Wildman–Crippen LogP) is 3.47. The van der Waals surface area contributed by atoms with Crippen molar-refractivity contribution >= 4 is 23.6 Å². The maximum Gasteiger partial charge on any atom is 0.341 e. The van der Waals surface area contributed by atoms with Crippen molar-refractivity contribution in [3.05, 3.63) is 52.7 Å². The number of esters is 1. The molecule has 0 radical (unpaired) electrons. The minimum atomic E-state index is -0.554. The van der Waals surface area contributed by atoms with Crippen LogP contribution in [0.1, 0.15) is 33.5 Å². The van der Waals surface area contributed by atoms with Gasteiger partial charge < -0.3 is 14.8 Å². The third-order valence-corrected chi connectivity index (χ3v) is 4.90. The lowest BCUT2D eigenvalue weighted by Crippen LogP contribution is -2.30. The van der Waals surface area contributed by atoms with E-state index in [9.17, 15) is 9.59 Å². The monoisotopic (exact) mass is 402 g/mol. The highest BCUT2D eigenvalue weighted by Gasteiger charge is 2.14. The summed E-state index contributed by atoms with van der Waals surface area (Å²) in [6, 6.07) is 7.43. The number of hydrogen-bond acceptors (Lipinski definition) is 6. The molecule has 28 heavy (non-hydrogen) atoms. The zero-order valence-electron chi connectivity index (χ0n) is 16.7. The van der Waals surface area contributed by atoms with Crippen LogP contribution in [-0.4, -0.2) is 42.9 Å². The van der Waals surface area contributed by atoms with E-state index in [1.807, 2.05) is 26.2 Å². The summed E-state index contributed by atoms with van der Waals surface area (Å²) >= 11 is 1.35. The first-order chi connectivity index (χ1) is 13.4. The van der Waals surface area contributed by atoms with E-state index >= 15 is 0 Å². The van der Waals surface area contributed by atoms with E-state index in [1.165, 1.54) is 17.3 Å². The van der Waals surface area contributed by atoms with Gasteiger partial charge in [0.1, 0.15) is 10.8 Å². The lowest BCUT2D eigenvalue weighted by atomic mass is 10.1. The summed E-state index contributed by atoms with van der Waals surface area (Å²) in [6.45, 7) is 6.75. The highest BCUT2D eigenvalue weighted by molar-refractivity contribution is 7.98. The van der Waals surface area contributed by atoms with Crippen molar-refractivity contribution in [2.75, 3.05) is 26.0 Å². The summed E-state index contributed by atoms with van der Waals surface area (Å²) in [6.07, 6.45) is 4.09. The molecule has 0 spiro atoms. The van der Waals surface area contributed by atoms with Crippen molar-refractivity contribution in [1.82, 2.24) is 10.3 Å². The van der Waals surface area contributed by atoms with Crippen LogP contribution >= 0.6 is 11.8 Å². The molecule has 0 unspecified atom stereocenters. The van der Waals surface area contributed by atoms with Crippen LogP contribution in [0.4, 0.5) is 0 Å². The van der Waals surface area contributed by atoms with E-state index in [1.54, 1.807) is 18.3 Å². The number of benzene rings is 1. The molecular weight excluding hydrogens is 376 g/mol. The lowest BCUT2D eigenvalue weighted by Gasteiger charge is -2.12. The zero-order valence-corrected chi connectivity index (χ0v) is 17.5. The number of hydrogen-bond donors (Lipinski definition) is 1. The molecule has 0 fully saturated rings. The van der Waals surface area contributed by atoms with E-state index in [2.05, 4.69) is 23.3 Å². The number of nitrogens with zero attached hydrogens (tertiary/aromatic N) is 1. The lowest BCUT2D eigenvalue weighted by molar-refractivity contribution is -0.124. The molecule has 2 aromatic rings. The van der Waals surface area contributed by atoms with Crippen molar-refractivity contribution in [3.63, 3.8) is 0 Å². The van der Waals surface area contributed by atoms with Gasteiger partial charge in [-0.15, -0.1) is 11.8 Å². The molecule has 0 bridgehead atoms. The molecule has 2 rings (SSSR count). The van der Waals surface area contributed by atoms with Gasteiger partial charge in [-0.2, -0.15) is 0 Å². The van der Waals surface area contributed by atoms with Crippen LogP contribution in [0.25, 0.3) is 0 Å². The molecule has 1 heterocycles. The van der Waals surface area contributed by atoms with Crippen LogP contribution in [0.15, 0.2) is 35.5 Å². The number of ether oxygens (including phenoxy) is 2. The molecule has 0 aliphatic carbocycles. The van der Waals surface area contributed by atoms with Gasteiger partial charge in [-0.25, -0.2) is 9.78 Å².